The molecule has 0 bridgehead atoms. The number of nitrogens with zero attached hydrogens (tertiary/aromatic N) is 3. The minimum absolute atomic E-state index is 0.158. The lowest BCUT2D eigenvalue weighted by atomic mass is 10.0. The Morgan fingerprint density at radius 2 is 1.85 bits per heavy atom. The standard InChI is InChI=1S/C28H25N5O/c1-33-16-20-15-28(20,17-33)12-11-19-13-26-24(14-25(19)29)27(31-18-30-26)32-21-7-9-23(10-8-21)34-22-5-3-2-4-6-22/h2-10,13-14,18,20H,15-17,29H2,1H3,(H,30,31,32)/t20-,28+/m0/s1. The number of hydrogen-bond donors (Lipinski definition) is 2. The number of likely N-dealkylation sites (tertiary alicyclic amines) is 1. The van der Waals surface area contributed by atoms with Crippen LogP contribution in [0.5, 0.6) is 11.5 Å². The summed E-state index contributed by atoms with van der Waals surface area (Å²) in [6.07, 6.45) is 2.76. The van der Waals surface area contributed by atoms with Crippen molar-refractivity contribution in [2.75, 3.05) is 31.2 Å². The van der Waals surface area contributed by atoms with Crippen molar-refractivity contribution in [1.82, 2.24) is 14.9 Å². The van der Waals surface area contributed by atoms with Crippen LogP contribution >= 0.6 is 0 Å². The van der Waals surface area contributed by atoms with Crippen LogP contribution in [0.15, 0.2) is 73.1 Å². The highest BCUT2D eigenvalue weighted by Crippen LogP contribution is 2.56. The number of benzene rings is 3. The maximum Gasteiger partial charge on any atom is 0.141 e. The molecule has 1 saturated heterocycles. The quantitative estimate of drug-likeness (QED) is 0.337. The number of hydrogen-bond acceptors (Lipinski definition) is 6. The van der Waals surface area contributed by atoms with E-state index in [-0.39, 0.29) is 5.41 Å². The summed E-state index contributed by atoms with van der Waals surface area (Å²) in [5.74, 6) is 9.84. The molecule has 1 aliphatic carbocycles. The molecule has 168 valence electrons. The van der Waals surface area contributed by atoms with E-state index in [0.717, 1.165) is 46.7 Å². The highest BCUT2D eigenvalue weighted by Gasteiger charge is 2.58. The third kappa shape index (κ3) is 3.91. The Morgan fingerprint density at radius 3 is 2.62 bits per heavy atom. The smallest absolute Gasteiger partial charge is 0.141 e. The number of nitrogens with two attached hydrogens (primary N) is 1. The van der Waals surface area contributed by atoms with Gasteiger partial charge in [0.1, 0.15) is 23.6 Å². The summed E-state index contributed by atoms with van der Waals surface area (Å²) in [6.45, 7) is 2.19. The second-order valence-electron chi connectivity index (χ2n) is 9.25. The summed E-state index contributed by atoms with van der Waals surface area (Å²) in [5.41, 5.74) is 9.74. The van der Waals surface area contributed by atoms with Gasteiger partial charge in [-0.15, -0.1) is 0 Å². The molecule has 0 radical (unpaired) electrons. The Labute approximate surface area is 198 Å². The molecule has 1 aromatic heterocycles. The number of anilines is 3. The van der Waals surface area contributed by atoms with E-state index in [2.05, 4.69) is 39.1 Å². The molecule has 34 heavy (non-hydrogen) atoms. The highest BCUT2D eigenvalue weighted by atomic mass is 16.5. The largest absolute Gasteiger partial charge is 0.457 e. The Hall–Kier alpha value is -4.08. The molecule has 1 aliphatic heterocycles. The van der Waals surface area contributed by atoms with Gasteiger partial charge in [0.2, 0.25) is 0 Å². The number of ether oxygens (including phenoxy) is 1. The molecule has 2 heterocycles. The number of para-hydroxylation sites is 1. The Kier molecular flexibility index (Phi) is 4.86. The van der Waals surface area contributed by atoms with Crippen LogP contribution in [0.1, 0.15) is 12.0 Å². The lowest BCUT2D eigenvalue weighted by Crippen LogP contribution is -2.19. The van der Waals surface area contributed by atoms with E-state index >= 15 is 0 Å². The van der Waals surface area contributed by atoms with Crippen LogP contribution in [-0.4, -0.2) is 35.0 Å². The van der Waals surface area contributed by atoms with Gasteiger partial charge in [-0.1, -0.05) is 30.0 Å². The first-order valence-electron chi connectivity index (χ1n) is 11.4. The zero-order valence-corrected chi connectivity index (χ0v) is 19.0. The third-order valence-electron chi connectivity index (χ3n) is 6.66. The van der Waals surface area contributed by atoms with Crippen LogP contribution in [-0.2, 0) is 0 Å². The summed E-state index contributed by atoms with van der Waals surface area (Å²) in [6, 6.07) is 21.4. The number of aromatic nitrogens is 2. The summed E-state index contributed by atoms with van der Waals surface area (Å²) >= 11 is 0. The van der Waals surface area contributed by atoms with Crippen LogP contribution in [0.3, 0.4) is 0 Å². The van der Waals surface area contributed by atoms with E-state index < -0.39 is 0 Å². The fourth-order valence-corrected chi connectivity index (χ4v) is 4.82. The van der Waals surface area contributed by atoms with Crippen molar-refractivity contribution in [2.45, 2.75) is 6.42 Å². The normalized spacial score (nSPS) is 20.9. The molecule has 1 saturated carbocycles. The van der Waals surface area contributed by atoms with Gasteiger partial charge in [0.15, 0.2) is 0 Å². The Morgan fingerprint density at radius 1 is 1.06 bits per heavy atom. The lowest BCUT2D eigenvalue weighted by molar-refractivity contribution is 0.360. The fourth-order valence-electron chi connectivity index (χ4n) is 4.82. The minimum Gasteiger partial charge on any atom is -0.457 e. The highest BCUT2D eigenvalue weighted by molar-refractivity contribution is 5.94. The molecule has 0 amide bonds. The number of fused-ring (bicyclic) bond motifs is 2. The van der Waals surface area contributed by atoms with E-state index in [4.69, 9.17) is 10.5 Å². The van der Waals surface area contributed by atoms with Gasteiger partial charge in [-0.25, -0.2) is 9.97 Å². The van der Waals surface area contributed by atoms with E-state index in [1.807, 2.05) is 66.7 Å². The molecule has 6 heteroatoms. The molecule has 0 unspecified atom stereocenters. The summed E-state index contributed by atoms with van der Waals surface area (Å²) in [5, 5.41) is 4.23. The molecule has 0 spiro atoms. The average molecular weight is 448 g/mol. The lowest BCUT2D eigenvalue weighted by Gasteiger charge is -2.11. The van der Waals surface area contributed by atoms with Gasteiger partial charge < -0.3 is 20.7 Å². The second-order valence-corrected chi connectivity index (χ2v) is 9.25. The molecule has 2 atom stereocenters. The van der Waals surface area contributed by atoms with Gasteiger partial charge >= 0.3 is 0 Å². The first kappa shape index (κ1) is 20.5. The van der Waals surface area contributed by atoms with E-state index in [1.165, 1.54) is 6.42 Å². The number of nitrogens with one attached hydrogen (secondary N) is 1. The van der Waals surface area contributed by atoms with Crippen molar-refractivity contribution < 1.29 is 4.74 Å². The summed E-state index contributed by atoms with van der Waals surface area (Å²) < 4.78 is 5.87. The fraction of sp³-hybridized carbons (Fsp3) is 0.214. The predicted molar refractivity (Wildman–Crippen MR) is 135 cm³/mol. The van der Waals surface area contributed by atoms with Crippen LogP contribution in [0.2, 0.25) is 0 Å². The maximum atomic E-state index is 6.40. The average Bonchev–Trinajstić information content (AvgIpc) is 3.40. The monoisotopic (exact) mass is 447 g/mol. The third-order valence-corrected chi connectivity index (χ3v) is 6.66. The SMILES string of the molecule is CN1C[C@@H]2C[C@]2(C#Cc2cc3ncnc(Nc4ccc(Oc5ccccc5)cc4)c3cc2N)C1. The maximum absolute atomic E-state index is 6.40. The molecule has 2 fully saturated rings. The first-order valence-corrected chi connectivity index (χ1v) is 11.4. The predicted octanol–water partition coefficient (Wildman–Crippen LogP) is 5.05. The molecular weight excluding hydrogens is 422 g/mol. The van der Waals surface area contributed by atoms with Crippen molar-refractivity contribution in [1.29, 1.82) is 0 Å². The van der Waals surface area contributed by atoms with Crippen LogP contribution in [0.25, 0.3) is 10.9 Å². The van der Waals surface area contributed by atoms with Gasteiger partial charge in [-0.05, 0) is 67.9 Å². The first-order chi connectivity index (χ1) is 16.6. The zero-order valence-electron chi connectivity index (χ0n) is 19.0. The molecule has 3 N–H and O–H groups in total. The number of nitrogen functional groups attached to an aromatic ring is 1. The molecule has 2 aliphatic rings. The van der Waals surface area contributed by atoms with Crippen molar-refractivity contribution >= 4 is 28.1 Å². The number of piperidine rings is 1. The van der Waals surface area contributed by atoms with E-state index in [0.29, 0.717) is 17.4 Å². The Balaban J connectivity index is 1.23. The summed E-state index contributed by atoms with van der Waals surface area (Å²) in [4.78, 5) is 11.3. The number of rotatable bonds is 4. The van der Waals surface area contributed by atoms with E-state index in [1.54, 1.807) is 6.33 Å². The van der Waals surface area contributed by atoms with Gasteiger partial charge in [0.25, 0.3) is 0 Å². The topological polar surface area (TPSA) is 76.3 Å². The van der Waals surface area contributed by atoms with Crippen LogP contribution in [0.4, 0.5) is 17.2 Å². The van der Waals surface area contributed by atoms with Crippen molar-refractivity contribution in [3.05, 3.63) is 78.6 Å². The van der Waals surface area contributed by atoms with Gasteiger partial charge in [0, 0.05) is 40.8 Å². The van der Waals surface area contributed by atoms with E-state index in [9.17, 15) is 0 Å². The van der Waals surface area contributed by atoms with Crippen LogP contribution in [0, 0.1) is 23.2 Å². The van der Waals surface area contributed by atoms with Crippen molar-refractivity contribution in [3.63, 3.8) is 0 Å². The Bertz CT molecular complexity index is 1420. The molecule has 4 aromatic rings. The minimum atomic E-state index is 0.158. The summed E-state index contributed by atoms with van der Waals surface area (Å²) in [7, 11) is 2.16. The molecular formula is C28H25N5O. The van der Waals surface area contributed by atoms with Crippen molar-refractivity contribution in [2.24, 2.45) is 11.3 Å². The molecule has 3 aromatic carbocycles. The van der Waals surface area contributed by atoms with Crippen molar-refractivity contribution in [3.8, 4) is 23.3 Å². The van der Waals surface area contributed by atoms with Gasteiger partial charge in [0.05, 0.1) is 5.52 Å². The van der Waals surface area contributed by atoms with Crippen LogP contribution < -0.4 is 15.8 Å². The van der Waals surface area contributed by atoms with Gasteiger partial charge in [-0.2, -0.15) is 0 Å². The molecule has 6 nitrogen and oxygen atoms in total. The molecule has 6 rings (SSSR count). The zero-order chi connectivity index (χ0) is 23.1. The second kappa shape index (κ2) is 8.05. The van der Waals surface area contributed by atoms with Gasteiger partial charge in [-0.3, -0.25) is 0 Å².